The molecule has 0 radical (unpaired) electrons. The van der Waals surface area contributed by atoms with Gasteiger partial charge in [-0.25, -0.2) is 19.9 Å². The summed E-state index contributed by atoms with van der Waals surface area (Å²) in [6.45, 7) is 10.8. The molecule has 1 fully saturated rings. The number of rotatable bonds is 13. The number of unbranched alkanes of at least 4 members (excludes halogenated alkanes) is 1. The lowest BCUT2D eigenvalue weighted by atomic mass is 10.2. The van der Waals surface area contributed by atoms with Crippen LogP contribution in [0.5, 0.6) is 0 Å². The van der Waals surface area contributed by atoms with Crippen LogP contribution in [-0.2, 0) is 4.74 Å². The summed E-state index contributed by atoms with van der Waals surface area (Å²) in [4.78, 5) is 40.6. The smallest absolute Gasteiger partial charge is 0.225 e. The first-order valence-corrected chi connectivity index (χ1v) is 13.3. The molecule has 1 aliphatic rings. The van der Waals surface area contributed by atoms with Crippen LogP contribution in [0.2, 0.25) is 0 Å². The third-order valence-electron chi connectivity index (χ3n) is 6.67. The molecule has 11 heteroatoms. The first kappa shape index (κ1) is 27.9. The van der Waals surface area contributed by atoms with Gasteiger partial charge in [0, 0.05) is 70.5 Å². The number of anilines is 4. The van der Waals surface area contributed by atoms with Crippen molar-refractivity contribution in [2.75, 3.05) is 80.0 Å². The van der Waals surface area contributed by atoms with Gasteiger partial charge in [-0.15, -0.1) is 0 Å². The van der Waals surface area contributed by atoms with Crippen molar-refractivity contribution < 1.29 is 9.53 Å². The standard InChI is InChI=1S/C28H37N9O2/c1-5-6-11-37(28-31-18-21(20-38)19-32-28)13-12-35(4)26-24(30-3)27(36-14-16-39-17-15-36)34-25(33-26)22-7-9-23(29-2)10-8-22/h7-10,18-20,29H,3,5-6,11-17H2,1-2,4H3. The van der Waals surface area contributed by atoms with E-state index in [1.54, 1.807) is 12.4 Å². The van der Waals surface area contributed by atoms with Crippen LogP contribution < -0.4 is 20.0 Å². The van der Waals surface area contributed by atoms with E-state index in [4.69, 9.17) is 14.7 Å². The van der Waals surface area contributed by atoms with Crippen molar-refractivity contribution in [1.29, 1.82) is 0 Å². The van der Waals surface area contributed by atoms with Crippen molar-refractivity contribution in [2.24, 2.45) is 4.99 Å². The van der Waals surface area contributed by atoms with E-state index in [0.717, 1.165) is 55.8 Å². The molecule has 1 aliphatic heterocycles. The molecular weight excluding hydrogens is 494 g/mol. The Balaban J connectivity index is 1.66. The molecule has 11 nitrogen and oxygen atoms in total. The predicted molar refractivity (Wildman–Crippen MR) is 157 cm³/mol. The monoisotopic (exact) mass is 531 g/mol. The van der Waals surface area contributed by atoms with E-state index in [0.29, 0.717) is 55.1 Å². The average Bonchev–Trinajstić information content (AvgIpc) is 3.00. The van der Waals surface area contributed by atoms with Crippen LogP contribution in [0.3, 0.4) is 0 Å². The zero-order chi connectivity index (χ0) is 27.6. The van der Waals surface area contributed by atoms with E-state index in [9.17, 15) is 4.79 Å². The second-order valence-electron chi connectivity index (χ2n) is 9.32. The molecule has 1 N–H and O–H groups in total. The van der Waals surface area contributed by atoms with Crippen LogP contribution in [0.15, 0.2) is 41.7 Å². The Morgan fingerprint density at radius 3 is 2.44 bits per heavy atom. The molecule has 0 spiro atoms. The summed E-state index contributed by atoms with van der Waals surface area (Å²) in [6.07, 6.45) is 5.92. The molecule has 0 atom stereocenters. The van der Waals surface area contributed by atoms with E-state index >= 15 is 0 Å². The maximum Gasteiger partial charge on any atom is 0.225 e. The van der Waals surface area contributed by atoms with Crippen molar-refractivity contribution >= 4 is 42.0 Å². The lowest BCUT2D eigenvalue weighted by Gasteiger charge is -2.31. The van der Waals surface area contributed by atoms with Gasteiger partial charge in [0.15, 0.2) is 23.7 Å². The minimum atomic E-state index is 0.458. The molecule has 0 unspecified atom stereocenters. The van der Waals surface area contributed by atoms with Crippen molar-refractivity contribution in [3.8, 4) is 11.4 Å². The first-order valence-electron chi connectivity index (χ1n) is 13.3. The highest BCUT2D eigenvalue weighted by Crippen LogP contribution is 2.37. The van der Waals surface area contributed by atoms with Crippen molar-refractivity contribution in [3.05, 3.63) is 42.2 Å². The Hall–Kier alpha value is -4.12. The number of aromatic nitrogens is 4. The zero-order valence-corrected chi connectivity index (χ0v) is 23.0. The zero-order valence-electron chi connectivity index (χ0n) is 23.0. The molecular formula is C28H37N9O2. The topological polar surface area (TPSA) is 112 Å². The molecule has 0 bridgehead atoms. The van der Waals surface area contributed by atoms with Crippen LogP contribution in [0, 0.1) is 0 Å². The predicted octanol–water partition coefficient (Wildman–Crippen LogP) is 3.70. The van der Waals surface area contributed by atoms with Gasteiger partial charge in [-0.1, -0.05) is 13.3 Å². The highest BCUT2D eigenvalue weighted by Gasteiger charge is 2.24. The fourth-order valence-electron chi connectivity index (χ4n) is 4.34. The average molecular weight is 532 g/mol. The highest BCUT2D eigenvalue weighted by atomic mass is 16.5. The number of aliphatic imine (C=N–C) groups is 1. The van der Waals surface area contributed by atoms with Crippen molar-refractivity contribution in [3.63, 3.8) is 0 Å². The second kappa shape index (κ2) is 13.6. The molecule has 1 saturated heterocycles. The Kier molecular flexibility index (Phi) is 9.74. The van der Waals surface area contributed by atoms with Gasteiger partial charge in [-0.3, -0.25) is 9.79 Å². The lowest BCUT2D eigenvalue weighted by molar-refractivity contribution is 0.112. The summed E-state index contributed by atoms with van der Waals surface area (Å²) >= 11 is 0. The van der Waals surface area contributed by atoms with E-state index < -0.39 is 0 Å². The molecule has 2 aromatic heterocycles. The quantitative estimate of drug-likeness (QED) is 0.259. The molecule has 4 rings (SSSR count). The van der Waals surface area contributed by atoms with E-state index in [1.165, 1.54) is 0 Å². The largest absolute Gasteiger partial charge is 0.388 e. The number of aldehydes is 1. The fraction of sp³-hybridized carbons (Fsp3) is 0.429. The van der Waals surface area contributed by atoms with Crippen LogP contribution in [-0.4, -0.2) is 93.0 Å². The van der Waals surface area contributed by atoms with Gasteiger partial charge in [0.25, 0.3) is 0 Å². The van der Waals surface area contributed by atoms with Crippen LogP contribution in [0.1, 0.15) is 30.1 Å². The van der Waals surface area contributed by atoms with Crippen LogP contribution in [0.4, 0.5) is 29.0 Å². The molecule has 3 aromatic rings. The number of carbonyl (C=O) groups is 1. The van der Waals surface area contributed by atoms with Gasteiger partial charge < -0.3 is 24.8 Å². The number of carbonyl (C=O) groups excluding carboxylic acids is 1. The highest BCUT2D eigenvalue weighted by molar-refractivity contribution is 5.80. The molecule has 0 aliphatic carbocycles. The molecule has 39 heavy (non-hydrogen) atoms. The molecule has 206 valence electrons. The van der Waals surface area contributed by atoms with Gasteiger partial charge in [-0.05, 0) is 37.4 Å². The number of ether oxygens (including phenoxy) is 1. The number of nitrogens with zero attached hydrogens (tertiary/aromatic N) is 8. The van der Waals surface area contributed by atoms with Gasteiger partial charge in [0.05, 0.1) is 18.8 Å². The Bertz CT molecular complexity index is 1230. The Morgan fingerprint density at radius 2 is 1.82 bits per heavy atom. The second-order valence-corrected chi connectivity index (χ2v) is 9.32. The molecule has 0 saturated carbocycles. The summed E-state index contributed by atoms with van der Waals surface area (Å²) in [5.74, 6) is 2.70. The summed E-state index contributed by atoms with van der Waals surface area (Å²) in [5, 5.41) is 3.15. The van der Waals surface area contributed by atoms with Gasteiger partial charge in [0.2, 0.25) is 5.95 Å². The normalized spacial score (nSPS) is 13.2. The third kappa shape index (κ3) is 6.85. The Labute approximate surface area is 230 Å². The number of hydrogen-bond donors (Lipinski definition) is 1. The number of morpholine rings is 1. The summed E-state index contributed by atoms with van der Waals surface area (Å²) in [5.41, 5.74) is 3.05. The number of likely N-dealkylation sites (N-methyl/N-ethyl adjacent to an activating group) is 1. The number of hydrogen-bond acceptors (Lipinski definition) is 11. The minimum absolute atomic E-state index is 0.458. The van der Waals surface area contributed by atoms with Crippen molar-refractivity contribution in [2.45, 2.75) is 19.8 Å². The van der Waals surface area contributed by atoms with E-state index in [1.807, 2.05) is 38.4 Å². The van der Waals surface area contributed by atoms with Gasteiger partial charge in [0.1, 0.15) is 5.69 Å². The molecule has 3 heterocycles. The minimum Gasteiger partial charge on any atom is -0.388 e. The van der Waals surface area contributed by atoms with E-state index in [-0.39, 0.29) is 0 Å². The van der Waals surface area contributed by atoms with Crippen LogP contribution >= 0.6 is 0 Å². The lowest BCUT2D eigenvalue weighted by Crippen LogP contribution is -2.38. The van der Waals surface area contributed by atoms with Gasteiger partial charge in [-0.2, -0.15) is 0 Å². The maximum absolute atomic E-state index is 11.1. The molecule has 0 amide bonds. The summed E-state index contributed by atoms with van der Waals surface area (Å²) in [6, 6.07) is 8.05. The van der Waals surface area contributed by atoms with Gasteiger partial charge >= 0.3 is 0 Å². The van der Waals surface area contributed by atoms with E-state index in [2.05, 4.69) is 48.6 Å². The molecule has 1 aromatic carbocycles. The van der Waals surface area contributed by atoms with Crippen LogP contribution in [0.25, 0.3) is 11.4 Å². The summed E-state index contributed by atoms with van der Waals surface area (Å²) < 4.78 is 5.58. The summed E-state index contributed by atoms with van der Waals surface area (Å²) in [7, 11) is 3.90. The fourth-order valence-corrected chi connectivity index (χ4v) is 4.34. The maximum atomic E-state index is 11.1. The third-order valence-corrected chi connectivity index (χ3v) is 6.67. The van der Waals surface area contributed by atoms with Crippen molar-refractivity contribution in [1.82, 2.24) is 19.9 Å². The Morgan fingerprint density at radius 1 is 1.10 bits per heavy atom. The number of nitrogens with one attached hydrogen (secondary N) is 1. The number of benzene rings is 1. The SMILES string of the molecule is C=Nc1c(N(C)CCN(CCCC)c2ncc(C=O)cn2)nc(-c2ccc(NC)cc2)nc1N1CCOCC1. The first-order chi connectivity index (χ1) is 19.1.